The van der Waals surface area contributed by atoms with Crippen LogP contribution in [0.1, 0.15) is 45.5 Å². The van der Waals surface area contributed by atoms with Gasteiger partial charge >= 0.3 is 0 Å². The Labute approximate surface area is 130 Å². The Kier molecular flexibility index (Phi) is 4.54. The summed E-state index contributed by atoms with van der Waals surface area (Å²) in [4.78, 5) is 27.1. The minimum atomic E-state index is -0.146. The summed E-state index contributed by atoms with van der Waals surface area (Å²) in [5, 5.41) is 2.85. The molecular formula is C17H23N3O2. The van der Waals surface area contributed by atoms with E-state index in [-0.39, 0.29) is 18.0 Å². The van der Waals surface area contributed by atoms with Crippen molar-refractivity contribution < 1.29 is 4.79 Å². The first-order valence-electron chi connectivity index (χ1n) is 7.49. The van der Waals surface area contributed by atoms with Crippen molar-refractivity contribution >= 4 is 5.91 Å². The fraction of sp³-hybridized carbons (Fsp3) is 0.412. The fourth-order valence-electron chi connectivity index (χ4n) is 2.88. The second-order valence-electron chi connectivity index (χ2n) is 5.65. The molecule has 2 aromatic heterocycles. The Bertz CT molecular complexity index is 769. The highest BCUT2D eigenvalue weighted by Crippen LogP contribution is 2.15. The molecule has 0 aliphatic carbocycles. The van der Waals surface area contributed by atoms with Gasteiger partial charge in [-0.3, -0.25) is 9.59 Å². The molecule has 1 amide bonds. The van der Waals surface area contributed by atoms with Crippen molar-refractivity contribution in [3.8, 4) is 0 Å². The Morgan fingerprint density at radius 2 is 1.91 bits per heavy atom. The van der Waals surface area contributed by atoms with Crippen molar-refractivity contribution in [1.29, 1.82) is 0 Å². The Morgan fingerprint density at radius 1 is 1.23 bits per heavy atom. The van der Waals surface area contributed by atoms with Gasteiger partial charge in [0.2, 0.25) is 0 Å². The molecule has 22 heavy (non-hydrogen) atoms. The van der Waals surface area contributed by atoms with Crippen molar-refractivity contribution in [3.05, 3.63) is 56.3 Å². The monoisotopic (exact) mass is 301 g/mol. The number of nitrogens with zero attached hydrogens (tertiary/aromatic N) is 1. The lowest BCUT2D eigenvalue weighted by Gasteiger charge is -2.09. The standard InChI is InChI=1S/C17H23N3O2/c1-6-20-12(4)8-14(13(20)5)16(21)18-9-15-10(2)7-11(3)19-17(15)22/h7-8H,6,9H2,1-5H3,(H,18,21)(H,19,22). The molecule has 2 N–H and O–H groups in total. The molecule has 2 aromatic rings. The Hall–Kier alpha value is -2.30. The van der Waals surface area contributed by atoms with E-state index < -0.39 is 0 Å². The number of carbonyl (C=O) groups excluding carboxylic acids is 1. The maximum atomic E-state index is 12.4. The number of hydrogen-bond acceptors (Lipinski definition) is 2. The van der Waals surface area contributed by atoms with Gasteiger partial charge < -0.3 is 14.9 Å². The molecule has 2 rings (SSSR count). The smallest absolute Gasteiger partial charge is 0.253 e. The molecule has 2 heterocycles. The van der Waals surface area contributed by atoms with Gasteiger partial charge in [0.25, 0.3) is 11.5 Å². The lowest BCUT2D eigenvalue weighted by molar-refractivity contribution is 0.0950. The summed E-state index contributed by atoms with van der Waals surface area (Å²) in [6.07, 6.45) is 0. The van der Waals surface area contributed by atoms with Gasteiger partial charge in [-0.05, 0) is 52.3 Å². The van der Waals surface area contributed by atoms with Crippen molar-refractivity contribution in [3.63, 3.8) is 0 Å². The van der Waals surface area contributed by atoms with E-state index in [1.165, 1.54) is 0 Å². The number of aryl methyl sites for hydroxylation is 3. The molecule has 0 saturated heterocycles. The number of pyridine rings is 1. The van der Waals surface area contributed by atoms with Gasteiger partial charge in [0.1, 0.15) is 0 Å². The highest BCUT2D eigenvalue weighted by atomic mass is 16.1. The van der Waals surface area contributed by atoms with Crippen molar-refractivity contribution in [2.24, 2.45) is 0 Å². The van der Waals surface area contributed by atoms with Crippen LogP contribution in [-0.4, -0.2) is 15.5 Å². The lowest BCUT2D eigenvalue weighted by atomic mass is 10.1. The minimum Gasteiger partial charge on any atom is -0.349 e. The molecule has 0 unspecified atom stereocenters. The predicted octanol–water partition coefficient (Wildman–Crippen LogP) is 2.36. The Balaban J connectivity index is 2.19. The molecule has 0 spiro atoms. The molecule has 0 atom stereocenters. The lowest BCUT2D eigenvalue weighted by Crippen LogP contribution is -2.28. The summed E-state index contributed by atoms with van der Waals surface area (Å²) in [5.74, 6) is -0.146. The zero-order chi connectivity index (χ0) is 16.4. The van der Waals surface area contributed by atoms with Gasteiger partial charge in [0.05, 0.1) is 5.56 Å². The predicted molar refractivity (Wildman–Crippen MR) is 87.3 cm³/mol. The van der Waals surface area contributed by atoms with E-state index in [2.05, 4.69) is 21.8 Å². The number of aromatic nitrogens is 2. The molecule has 5 heteroatoms. The van der Waals surface area contributed by atoms with Gasteiger partial charge in [-0.15, -0.1) is 0 Å². The van der Waals surface area contributed by atoms with E-state index in [1.807, 2.05) is 39.8 Å². The quantitative estimate of drug-likeness (QED) is 0.910. The number of rotatable bonds is 4. The molecule has 0 aliphatic heterocycles. The van der Waals surface area contributed by atoms with Crippen LogP contribution in [0.5, 0.6) is 0 Å². The van der Waals surface area contributed by atoms with E-state index in [0.29, 0.717) is 11.1 Å². The first-order chi connectivity index (χ1) is 10.3. The average molecular weight is 301 g/mol. The van der Waals surface area contributed by atoms with E-state index in [1.54, 1.807) is 0 Å². The molecule has 0 radical (unpaired) electrons. The van der Waals surface area contributed by atoms with Crippen LogP contribution in [0.2, 0.25) is 0 Å². The van der Waals surface area contributed by atoms with Crippen LogP contribution in [0.3, 0.4) is 0 Å². The van der Waals surface area contributed by atoms with E-state index in [4.69, 9.17) is 0 Å². The second-order valence-corrected chi connectivity index (χ2v) is 5.65. The van der Waals surface area contributed by atoms with Crippen LogP contribution in [0.25, 0.3) is 0 Å². The third-order valence-corrected chi connectivity index (χ3v) is 4.05. The molecule has 0 saturated carbocycles. The maximum absolute atomic E-state index is 12.4. The summed E-state index contributed by atoms with van der Waals surface area (Å²) in [6, 6.07) is 3.80. The van der Waals surface area contributed by atoms with Gasteiger partial charge in [-0.1, -0.05) is 0 Å². The van der Waals surface area contributed by atoms with Gasteiger partial charge in [-0.25, -0.2) is 0 Å². The first kappa shape index (κ1) is 16.1. The van der Waals surface area contributed by atoms with Crippen LogP contribution in [0.4, 0.5) is 0 Å². The van der Waals surface area contributed by atoms with Crippen LogP contribution >= 0.6 is 0 Å². The number of hydrogen-bond donors (Lipinski definition) is 2. The zero-order valence-corrected chi connectivity index (χ0v) is 13.8. The van der Waals surface area contributed by atoms with E-state index in [0.717, 1.165) is 29.2 Å². The van der Waals surface area contributed by atoms with Crippen LogP contribution < -0.4 is 10.9 Å². The molecule has 5 nitrogen and oxygen atoms in total. The third-order valence-electron chi connectivity index (χ3n) is 4.05. The molecule has 0 aliphatic rings. The fourth-order valence-corrected chi connectivity index (χ4v) is 2.88. The maximum Gasteiger partial charge on any atom is 0.253 e. The zero-order valence-electron chi connectivity index (χ0n) is 13.8. The molecule has 0 aromatic carbocycles. The SMILES string of the molecule is CCn1c(C)cc(C(=O)NCc2c(C)cc(C)[nH]c2=O)c1C. The van der Waals surface area contributed by atoms with Crippen molar-refractivity contribution in [2.75, 3.05) is 0 Å². The number of H-pyrrole nitrogens is 1. The van der Waals surface area contributed by atoms with Crippen LogP contribution in [-0.2, 0) is 13.1 Å². The molecule has 0 fully saturated rings. The topological polar surface area (TPSA) is 66.9 Å². The molecule has 118 valence electrons. The number of amides is 1. The summed E-state index contributed by atoms with van der Waals surface area (Å²) < 4.78 is 2.10. The summed E-state index contributed by atoms with van der Waals surface area (Å²) in [5.41, 5.74) is 4.85. The third kappa shape index (κ3) is 2.98. The van der Waals surface area contributed by atoms with Crippen LogP contribution in [0, 0.1) is 27.7 Å². The van der Waals surface area contributed by atoms with Crippen molar-refractivity contribution in [1.82, 2.24) is 14.9 Å². The number of aromatic amines is 1. The average Bonchev–Trinajstić information content (AvgIpc) is 2.72. The molecule has 0 bridgehead atoms. The largest absolute Gasteiger partial charge is 0.349 e. The summed E-state index contributed by atoms with van der Waals surface area (Å²) >= 11 is 0. The Morgan fingerprint density at radius 3 is 2.45 bits per heavy atom. The van der Waals surface area contributed by atoms with E-state index in [9.17, 15) is 9.59 Å². The van der Waals surface area contributed by atoms with Crippen molar-refractivity contribution in [2.45, 2.75) is 47.7 Å². The normalized spacial score (nSPS) is 10.8. The van der Waals surface area contributed by atoms with Gasteiger partial charge in [0, 0.05) is 35.7 Å². The highest BCUT2D eigenvalue weighted by molar-refractivity contribution is 5.95. The second kappa shape index (κ2) is 6.22. The van der Waals surface area contributed by atoms with Gasteiger partial charge in [0.15, 0.2) is 0 Å². The minimum absolute atomic E-state index is 0.142. The molecular weight excluding hydrogens is 278 g/mol. The number of nitrogens with one attached hydrogen (secondary N) is 2. The first-order valence-corrected chi connectivity index (χ1v) is 7.49. The summed E-state index contributed by atoms with van der Waals surface area (Å²) in [7, 11) is 0. The number of carbonyl (C=O) groups is 1. The summed E-state index contributed by atoms with van der Waals surface area (Å²) in [6.45, 7) is 10.8. The highest BCUT2D eigenvalue weighted by Gasteiger charge is 2.15. The van der Waals surface area contributed by atoms with E-state index >= 15 is 0 Å². The van der Waals surface area contributed by atoms with Crippen LogP contribution in [0.15, 0.2) is 16.9 Å². The van der Waals surface area contributed by atoms with Gasteiger partial charge in [-0.2, -0.15) is 0 Å².